The second-order valence-corrected chi connectivity index (χ2v) is 5.13. The lowest BCUT2D eigenvalue weighted by molar-refractivity contribution is 0.197. The van der Waals surface area contributed by atoms with Crippen molar-refractivity contribution in [3.63, 3.8) is 0 Å². The van der Waals surface area contributed by atoms with Gasteiger partial charge in [-0.3, -0.25) is 14.9 Å². The van der Waals surface area contributed by atoms with Gasteiger partial charge in [0.1, 0.15) is 0 Å². The number of nitrogens with one attached hydrogen (secondary N) is 1. The zero-order chi connectivity index (χ0) is 12.6. The van der Waals surface area contributed by atoms with Crippen LogP contribution in [-0.2, 0) is 6.54 Å². The molecule has 0 aliphatic carbocycles. The summed E-state index contributed by atoms with van der Waals surface area (Å²) in [7, 11) is 0. The zero-order valence-corrected chi connectivity index (χ0v) is 11.3. The van der Waals surface area contributed by atoms with Gasteiger partial charge < -0.3 is 5.32 Å². The lowest BCUT2D eigenvalue weighted by Gasteiger charge is -2.29. The fourth-order valence-corrected chi connectivity index (χ4v) is 2.62. The van der Waals surface area contributed by atoms with E-state index in [1.165, 1.54) is 38.9 Å². The van der Waals surface area contributed by atoms with Gasteiger partial charge in [0.15, 0.2) is 0 Å². The molecule has 0 saturated carbocycles. The minimum Gasteiger partial charge on any atom is -0.317 e. The zero-order valence-electron chi connectivity index (χ0n) is 11.3. The first-order valence-electron chi connectivity index (χ1n) is 7.06. The largest absolute Gasteiger partial charge is 0.317 e. The number of hydrogen-bond donors (Lipinski definition) is 1. The van der Waals surface area contributed by atoms with Crippen molar-refractivity contribution in [2.75, 3.05) is 26.2 Å². The van der Waals surface area contributed by atoms with Crippen LogP contribution in [0.5, 0.6) is 0 Å². The Bertz CT molecular complexity index is 322. The summed E-state index contributed by atoms with van der Waals surface area (Å²) >= 11 is 0. The first-order chi connectivity index (χ1) is 8.88. The maximum Gasteiger partial charge on any atom is 0.0726 e. The van der Waals surface area contributed by atoms with E-state index < -0.39 is 0 Å². The van der Waals surface area contributed by atoms with E-state index in [2.05, 4.69) is 27.1 Å². The van der Waals surface area contributed by atoms with E-state index in [1.54, 1.807) is 12.4 Å². The Kier molecular flexibility index (Phi) is 5.55. The van der Waals surface area contributed by atoms with Crippen LogP contribution in [0.2, 0.25) is 0 Å². The fourth-order valence-electron chi connectivity index (χ4n) is 2.62. The lowest BCUT2D eigenvalue weighted by Crippen LogP contribution is -2.36. The molecule has 0 atom stereocenters. The Morgan fingerprint density at radius 1 is 1.33 bits per heavy atom. The van der Waals surface area contributed by atoms with Gasteiger partial charge in [-0.15, -0.1) is 0 Å². The van der Waals surface area contributed by atoms with Crippen LogP contribution in [0.4, 0.5) is 0 Å². The quantitative estimate of drug-likeness (QED) is 0.832. The van der Waals surface area contributed by atoms with Crippen molar-refractivity contribution in [2.24, 2.45) is 5.92 Å². The van der Waals surface area contributed by atoms with E-state index in [0.29, 0.717) is 0 Å². The number of aromatic nitrogens is 2. The fraction of sp³-hybridized carbons (Fsp3) is 0.714. The first-order valence-corrected chi connectivity index (χ1v) is 7.06. The van der Waals surface area contributed by atoms with Crippen molar-refractivity contribution >= 4 is 0 Å². The number of hydrogen-bond acceptors (Lipinski definition) is 4. The first kappa shape index (κ1) is 13.4. The van der Waals surface area contributed by atoms with Gasteiger partial charge in [0.2, 0.25) is 0 Å². The number of rotatable bonds is 6. The molecule has 0 radical (unpaired) electrons. The SMILES string of the molecule is CCCN(Cc1cnccn1)CC1CCNCC1. The summed E-state index contributed by atoms with van der Waals surface area (Å²) in [6.45, 7) is 7.88. The highest BCUT2D eigenvalue weighted by molar-refractivity contribution is 4.94. The third kappa shape index (κ3) is 4.35. The van der Waals surface area contributed by atoms with Crippen LogP contribution in [0.25, 0.3) is 0 Å². The Morgan fingerprint density at radius 3 is 2.83 bits per heavy atom. The highest BCUT2D eigenvalue weighted by atomic mass is 15.1. The Hall–Kier alpha value is -1.00. The van der Waals surface area contributed by atoms with Crippen molar-refractivity contribution in [3.8, 4) is 0 Å². The normalized spacial score (nSPS) is 17.2. The van der Waals surface area contributed by atoms with E-state index in [4.69, 9.17) is 0 Å². The third-order valence-electron chi connectivity index (χ3n) is 3.52. The molecule has 0 unspecified atom stereocenters. The molecule has 1 saturated heterocycles. The monoisotopic (exact) mass is 248 g/mol. The summed E-state index contributed by atoms with van der Waals surface area (Å²) in [6, 6.07) is 0. The van der Waals surface area contributed by atoms with E-state index in [9.17, 15) is 0 Å². The van der Waals surface area contributed by atoms with Crippen LogP contribution in [0.1, 0.15) is 31.9 Å². The molecule has 1 aliphatic rings. The Balaban J connectivity index is 1.86. The van der Waals surface area contributed by atoms with Crippen LogP contribution in [0, 0.1) is 5.92 Å². The molecule has 0 bridgehead atoms. The van der Waals surface area contributed by atoms with Crippen LogP contribution >= 0.6 is 0 Å². The van der Waals surface area contributed by atoms with Gasteiger partial charge in [-0.1, -0.05) is 6.92 Å². The molecule has 4 heteroatoms. The molecular formula is C14H24N4. The minimum absolute atomic E-state index is 0.842. The Morgan fingerprint density at radius 2 is 2.17 bits per heavy atom. The van der Waals surface area contributed by atoms with Crippen LogP contribution < -0.4 is 5.32 Å². The lowest BCUT2D eigenvalue weighted by atomic mass is 9.97. The van der Waals surface area contributed by atoms with Gasteiger partial charge in [0.25, 0.3) is 0 Å². The van der Waals surface area contributed by atoms with Gasteiger partial charge in [0, 0.05) is 31.7 Å². The second-order valence-electron chi connectivity index (χ2n) is 5.13. The van der Waals surface area contributed by atoms with Crippen LogP contribution in [0.15, 0.2) is 18.6 Å². The summed E-state index contributed by atoms with van der Waals surface area (Å²) in [5.74, 6) is 0.842. The molecule has 1 fully saturated rings. The molecule has 1 N–H and O–H groups in total. The number of piperidine rings is 1. The Labute approximate surface area is 110 Å². The predicted molar refractivity (Wildman–Crippen MR) is 73.2 cm³/mol. The molecule has 1 aromatic heterocycles. The molecule has 0 aromatic carbocycles. The molecule has 18 heavy (non-hydrogen) atoms. The van der Waals surface area contributed by atoms with E-state index in [-0.39, 0.29) is 0 Å². The van der Waals surface area contributed by atoms with Crippen molar-refractivity contribution < 1.29 is 0 Å². The smallest absolute Gasteiger partial charge is 0.0726 e. The van der Waals surface area contributed by atoms with Crippen molar-refractivity contribution in [3.05, 3.63) is 24.3 Å². The van der Waals surface area contributed by atoms with E-state index >= 15 is 0 Å². The second kappa shape index (κ2) is 7.44. The van der Waals surface area contributed by atoms with Crippen LogP contribution in [-0.4, -0.2) is 41.0 Å². The van der Waals surface area contributed by atoms with Gasteiger partial charge in [-0.25, -0.2) is 0 Å². The maximum absolute atomic E-state index is 4.38. The van der Waals surface area contributed by atoms with Gasteiger partial charge in [0.05, 0.1) is 5.69 Å². The summed E-state index contributed by atoms with van der Waals surface area (Å²) in [4.78, 5) is 11.1. The highest BCUT2D eigenvalue weighted by Crippen LogP contribution is 2.15. The summed E-state index contributed by atoms with van der Waals surface area (Å²) in [6.07, 6.45) is 9.21. The molecule has 1 aromatic rings. The average Bonchev–Trinajstić information content (AvgIpc) is 2.41. The summed E-state index contributed by atoms with van der Waals surface area (Å²) in [5, 5.41) is 3.43. The van der Waals surface area contributed by atoms with E-state index in [0.717, 1.165) is 24.7 Å². The van der Waals surface area contributed by atoms with Crippen molar-refractivity contribution in [1.29, 1.82) is 0 Å². The maximum atomic E-state index is 4.38. The molecule has 4 nitrogen and oxygen atoms in total. The molecule has 2 heterocycles. The van der Waals surface area contributed by atoms with Crippen LogP contribution in [0.3, 0.4) is 0 Å². The standard InChI is InChI=1S/C14H24N4/c1-2-9-18(11-13-3-5-15-6-4-13)12-14-10-16-7-8-17-14/h7-8,10,13,15H,2-6,9,11-12H2,1H3. The van der Waals surface area contributed by atoms with Crippen molar-refractivity contribution in [1.82, 2.24) is 20.2 Å². The molecule has 0 spiro atoms. The topological polar surface area (TPSA) is 41.1 Å². The number of nitrogens with zero attached hydrogens (tertiary/aromatic N) is 3. The molecule has 2 rings (SSSR count). The summed E-state index contributed by atoms with van der Waals surface area (Å²) in [5.41, 5.74) is 1.08. The molecule has 0 amide bonds. The van der Waals surface area contributed by atoms with Gasteiger partial charge in [-0.2, -0.15) is 0 Å². The molecule has 1 aliphatic heterocycles. The minimum atomic E-state index is 0.842. The average molecular weight is 248 g/mol. The van der Waals surface area contributed by atoms with Gasteiger partial charge in [-0.05, 0) is 44.8 Å². The van der Waals surface area contributed by atoms with E-state index in [1.807, 2.05) is 6.20 Å². The molecule has 100 valence electrons. The molecular weight excluding hydrogens is 224 g/mol. The van der Waals surface area contributed by atoms with Crippen molar-refractivity contribution in [2.45, 2.75) is 32.7 Å². The summed E-state index contributed by atoms with van der Waals surface area (Å²) < 4.78 is 0. The third-order valence-corrected chi connectivity index (χ3v) is 3.52. The highest BCUT2D eigenvalue weighted by Gasteiger charge is 2.17. The van der Waals surface area contributed by atoms with Gasteiger partial charge >= 0.3 is 0 Å². The predicted octanol–water partition coefficient (Wildman–Crippen LogP) is 1.69.